The molecule has 0 saturated carbocycles. The van der Waals surface area contributed by atoms with E-state index in [0.29, 0.717) is 39.4 Å². The SMILES string of the molecule is CS(=O)(=O)NCc1cc(F)cc(-c2ccnc3[nH]c(-c4n[nH]c5cnc(-c6cn[nH]c6)cc45)nc23)c1. The van der Waals surface area contributed by atoms with Gasteiger partial charge in [-0.15, -0.1) is 0 Å². The van der Waals surface area contributed by atoms with Crippen LogP contribution >= 0.6 is 0 Å². The summed E-state index contributed by atoms with van der Waals surface area (Å²) in [7, 11) is -3.42. The zero-order valence-electron chi connectivity index (χ0n) is 18.7. The van der Waals surface area contributed by atoms with Crippen LogP contribution in [0.2, 0.25) is 0 Å². The van der Waals surface area contributed by atoms with Crippen molar-refractivity contribution < 1.29 is 12.8 Å². The van der Waals surface area contributed by atoms with E-state index in [2.05, 4.69) is 40.1 Å². The second-order valence-corrected chi connectivity index (χ2v) is 10.1. The first-order valence-corrected chi connectivity index (χ1v) is 12.7. The van der Waals surface area contributed by atoms with Gasteiger partial charge in [-0.3, -0.25) is 15.2 Å². The second-order valence-electron chi connectivity index (χ2n) is 8.26. The number of imidazole rings is 1. The number of fused-ring (bicyclic) bond motifs is 2. The molecule has 0 spiro atoms. The highest BCUT2D eigenvalue weighted by Crippen LogP contribution is 2.32. The Kier molecular flexibility index (Phi) is 5.09. The summed E-state index contributed by atoms with van der Waals surface area (Å²) in [5, 5.41) is 15.0. The quantitative estimate of drug-likeness (QED) is 0.272. The van der Waals surface area contributed by atoms with Gasteiger partial charge in [0.1, 0.15) is 17.0 Å². The highest BCUT2D eigenvalue weighted by atomic mass is 32.2. The summed E-state index contributed by atoms with van der Waals surface area (Å²) >= 11 is 0. The van der Waals surface area contributed by atoms with E-state index < -0.39 is 15.8 Å². The maximum Gasteiger partial charge on any atom is 0.209 e. The second kappa shape index (κ2) is 8.32. The number of aromatic amines is 3. The molecule has 5 heterocycles. The van der Waals surface area contributed by atoms with E-state index in [4.69, 9.17) is 4.98 Å². The molecule has 13 heteroatoms. The number of rotatable bonds is 6. The van der Waals surface area contributed by atoms with E-state index in [1.807, 2.05) is 6.07 Å². The number of nitrogens with zero attached hydrogens (tertiary/aromatic N) is 5. The van der Waals surface area contributed by atoms with Crippen molar-refractivity contribution in [1.82, 2.24) is 45.1 Å². The highest BCUT2D eigenvalue weighted by Gasteiger charge is 2.17. The Bertz CT molecular complexity index is 1840. The van der Waals surface area contributed by atoms with Crippen molar-refractivity contribution in [3.63, 3.8) is 0 Å². The lowest BCUT2D eigenvalue weighted by molar-refractivity contribution is 0.586. The van der Waals surface area contributed by atoms with Crippen molar-refractivity contribution in [2.75, 3.05) is 6.26 Å². The van der Waals surface area contributed by atoms with Crippen molar-refractivity contribution in [3.8, 4) is 33.9 Å². The Balaban J connectivity index is 1.44. The van der Waals surface area contributed by atoms with Gasteiger partial charge >= 0.3 is 0 Å². The molecule has 0 bridgehead atoms. The smallest absolute Gasteiger partial charge is 0.209 e. The predicted octanol–water partition coefficient (Wildman–Crippen LogP) is 3.14. The van der Waals surface area contributed by atoms with Gasteiger partial charge in [-0.1, -0.05) is 0 Å². The zero-order valence-corrected chi connectivity index (χ0v) is 19.6. The maximum atomic E-state index is 14.4. The minimum Gasteiger partial charge on any atom is -0.321 e. The first-order chi connectivity index (χ1) is 17.3. The number of hydrogen-bond acceptors (Lipinski definition) is 7. The summed E-state index contributed by atoms with van der Waals surface area (Å²) in [4.78, 5) is 16.8. The molecule has 0 saturated heterocycles. The van der Waals surface area contributed by atoms with Gasteiger partial charge in [-0.05, 0) is 41.5 Å². The van der Waals surface area contributed by atoms with Gasteiger partial charge in [0, 0.05) is 35.5 Å². The van der Waals surface area contributed by atoms with Crippen LogP contribution in [0.25, 0.3) is 56.0 Å². The van der Waals surface area contributed by atoms with Crippen molar-refractivity contribution in [1.29, 1.82) is 0 Å². The maximum absolute atomic E-state index is 14.4. The number of nitrogens with one attached hydrogen (secondary N) is 4. The fourth-order valence-corrected chi connectivity index (χ4v) is 4.45. The van der Waals surface area contributed by atoms with Crippen LogP contribution in [0.5, 0.6) is 0 Å². The summed E-state index contributed by atoms with van der Waals surface area (Å²) < 4.78 is 39.8. The average molecular weight is 504 g/mol. The number of halogens is 1. The van der Waals surface area contributed by atoms with Crippen LogP contribution in [0.1, 0.15) is 5.56 Å². The molecule has 0 aliphatic heterocycles. The molecule has 180 valence electrons. The first kappa shape index (κ1) is 22.0. The number of benzene rings is 1. The minimum atomic E-state index is -3.42. The molecule has 5 aromatic heterocycles. The molecule has 0 amide bonds. The van der Waals surface area contributed by atoms with Gasteiger partial charge in [-0.2, -0.15) is 10.2 Å². The molecule has 0 aliphatic carbocycles. The normalized spacial score (nSPS) is 12.1. The third-order valence-electron chi connectivity index (χ3n) is 5.66. The molecule has 36 heavy (non-hydrogen) atoms. The standard InChI is InChI=1S/C23H18FN9O2S/c1-36(34,35)29-8-12-4-13(6-15(24)5-12)16-2-3-25-22-20(16)30-23(31-22)21-17-7-18(14-9-27-28-10-14)26-11-19(17)32-33-21/h2-7,9-11,29H,8H2,1H3,(H,27,28)(H,32,33)(H,25,30,31). The molecule has 0 atom stereocenters. The fourth-order valence-electron chi connectivity index (χ4n) is 4.02. The lowest BCUT2D eigenvalue weighted by atomic mass is 10.0. The molecule has 0 radical (unpaired) electrons. The lowest BCUT2D eigenvalue weighted by Gasteiger charge is -2.07. The average Bonchev–Trinajstić information content (AvgIpc) is 3.60. The Morgan fingerprint density at radius 1 is 1.08 bits per heavy atom. The summed E-state index contributed by atoms with van der Waals surface area (Å²) in [5.74, 6) is -0.00740. The van der Waals surface area contributed by atoms with E-state index in [9.17, 15) is 12.8 Å². The highest BCUT2D eigenvalue weighted by molar-refractivity contribution is 7.88. The van der Waals surface area contributed by atoms with Crippen LogP contribution in [-0.4, -0.2) is 55.0 Å². The molecule has 6 aromatic rings. The Labute approximate surface area is 203 Å². The summed E-state index contributed by atoms with van der Waals surface area (Å²) in [5.41, 5.74) is 5.58. The Morgan fingerprint density at radius 3 is 2.78 bits per heavy atom. The topological polar surface area (TPSA) is 158 Å². The number of sulfonamides is 1. The summed E-state index contributed by atoms with van der Waals surface area (Å²) in [6.07, 6.45) is 7.79. The number of aromatic nitrogens is 8. The zero-order chi connectivity index (χ0) is 24.9. The summed E-state index contributed by atoms with van der Waals surface area (Å²) in [6.45, 7) is -0.0318. The van der Waals surface area contributed by atoms with Gasteiger partial charge < -0.3 is 4.98 Å². The van der Waals surface area contributed by atoms with Crippen LogP contribution < -0.4 is 4.72 Å². The van der Waals surface area contributed by atoms with Crippen molar-refractivity contribution in [2.45, 2.75) is 6.54 Å². The summed E-state index contributed by atoms with van der Waals surface area (Å²) in [6, 6.07) is 8.02. The van der Waals surface area contributed by atoms with E-state index in [1.165, 1.54) is 12.1 Å². The van der Waals surface area contributed by atoms with Crippen molar-refractivity contribution in [3.05, 3.63) is 66.5 Å². The largest absolute Gasteiger partial charge is 0.321 e. The number of H-pyrrole nitrogens is 3. The Hall–Kier alpha value is -4.49. The Morgan fingerprint density at radius 2 is 1.97 bits per heavy atom. The van der Waals surface area contributed by atoms with E-state index in [0.717, 1.165) is 28.4 Å². The third kappa shape index (κ3) is 4.10. The molecule has 6 rings (SSSR count). The van der Waals surface area contributed by atoms with Crippen LogP contribution in [0.15, 0.2) is 55.1 Å². The molecule has 0 aliphatic rings. The van der Waals surface area contributed by atoms with E-state index in [1.54, 1.807) is 36.9 Å². The predicted molar refractivity (Wildman–Crippen MR) is 131 cm³/mol. The molecule has 11 nitrogen and oxygen atoms in total. The van der Waals surface area contributed by atoms with Gasteiger partial charge in [0.05, 0.1) is 29.9 Å². The van der Waals surface area contributed by atoms with E-state index >= 15 is 0 Å². The van der Waals surface area contributed by atoms with Crippen LogP contribution in [0.3, 0.4) is 0 Å². The van der Waals surface area contributed by atoms with Crippen molar-refractivity contribution >= 4 is 32.1 Å². The van der Waals surface area contributed by atoms with Gasteiger partial charge in [0.15, 0.2) is 11.5 Å². The first-order valence-electron chi connectivity index (χ1n) is 10.8. The van der Waals surface area contributed by atoms with Crippen LogP contribution in [0.4, 0.5) is 4.39 Å². The third-order valence-corrected chi connectivity index (χ3v) is 6.33. The molecule has 4 N–H and O–H groups in total. The number of hydrogen-bond donors (Lipinski definition) is 4. The fraction of sp³-hybridized carbons (Fsp3) is 0.0870. The van der Waals surface area contributed by atoms with Crippen LogP contribution in [0, 0.1) is 5.82 Å². The van der Waals surface area contributed by atoms with E-state index in [-0.39, 0.29) is 6.54 Å². The van der Waals surface area contributed by atoms with Gasteiger partial charge in [0.2, 0.25) is 10.0 Å². The van der Waals surface area contributed by atoms with Crippen LogP contribution in [-0.2, 0) is 16.6 Å². The monoisotopic (exact) mass is 503 g/mol. The molecule has 0 fully saturated rings. The minimum absolute atomic E-state index is 0.0318. The molecular formula is C23H18FN9O2S. The lowest BCUT2D eigenvalue weighted by Crippen LogP contribution is -2.21. The molecule has 1 aromatic carbocycles. The van der Waals surface area contributed by atoms with Crippen molar-refractivity contribution in [2.24, 2.45) is 0 Å². The van der Waals surface area contributed by atoms with Gasteiger partial charge in [0.25, 0.3) is 0 Å². The van der Waals surface area contributed by atoms with Gasteiger partial charge in [-0.25, -0.2) is 27.5 Å². The molecule has 0 unspecified atom stereocenters. The number of pyridine rings is 2. The molecular weight excluding hydrogens is 485 g/mol.